The monoisotopic (exact) mass is 209 g/mol. The van der Waals surface area contributed by atoms with Crippen LogP contribution in [0.15, 0.2) is 35.5 Å². The van der Waals surface area contributed by atoms with Gasteiger partial charge in [-0.05, 0) is 18.4 Å². The van der Waals surface area contributed by atoms with Gasteiger partial charge in [0.2, 0.25) is 0 Å². The number of halogens is 1. The number of rotatable bonds is 2. The first-order valence-corrected chi connectivity index (χ1v) is 5.25. The molecule has 0 unspecified atom stereocenters. The molecule has 1 heterocycles. The molecule has 0 saturated carbocycles. The highest BCUT2D eigenvalue weighted by Crippen LogP contribution is 2.15. The minimum Gasteiger partial charge on any atom is -0.217 e. The SMILES string of the molecule is CSc1cn(-c2ccccc2F)nn1. The summed E-state index contributed by atoms with van der Waals surface area (Å²) in [6.07, 6.45) is 3.60. The Hall–Kier alpha value is -1.36. The zero-order chi connectivity index (χ0) is 9.97. The second-order valence-electron chi connectivity index (χ2n) is 2.66. The van der Waals surface area contributed by atoms with Crippen LogP contribution in [0.1, 0.15) is 0 Å². The van der Waals surface area contributed by atoms with E-state index in [4.69, 9.17) is 0 Å². The van der Waals surface area contributed by atoms with Crippen molar-refractivity contribution in [3.63, 3.8) is 0 Å². The van der Waals surface area contributed by atoms with E-state index in [1.54, 1.807) is 24.4 Å². The molecule has 3 nitrogen and oxygen atoms in total. The van der Waals surface area contributed by atoms with Crippen molar-refractivity contribution in [1.29, 1.82) is 0 Å². The summed E-state index contributed by atoms with van der Waals surface area (Å²) >= 11 is 1.47. The summed E-state index contributed by atoms with van der Waals surface area (Å²) in [5.74, 6) is -0.301. The van der Waals surface area contributed by atoms with Crippen molar-refractivity contribution in [2.24, 2.45) is 0 Å². The van der Waals surface area contributed by atoms with E-state index >= 15 is 0 Å². The van der Waals surface area contributed by atoms with Gasteiger partial charge in [0.25, 0.3) is 0 Å². The van der Waals surface area contributed by atoms with Gasteiger partial charge < -0.3 is 0 Å². The zero-order valence-electron chi connectivity index (χ0n) is 7.51. The first-order valence-electron chi connectivity index (χ1n) is 4.02. The Morgan fingerprint density at radius 1 is 1.36 bits per heavy atom. The Morgan fingerprint density at radius 3 is 2.79 bits per heavy atom. The summed E-state index contributed by atoms with van der Waals surface area (Å²) in [7, 11) is 0. The third-order valence-corrected chi connectivity index (χ3v) is 2.39. The second-order valence-corrected chi connectivity index (χ2v) is 3.48. The molecule has 0 aliphatic heterocycles. The smallest absolute Gasteiger partial charge is 0.148 e. The summed E-state index contributed by atoms with van der Waals surface area (Å²) < 4.78 is 14.7. The molecule has 0 atom stereocenters. The van der Waals surface area contributed by atoms with Crippen LogP contribution in [0, 0.1) is 5.82 Å². The van der Waals surface area contributed by atoms with Crippen molar-refractivity contribution in [1.82, 2.24) is 15.0 Å². The molecule has 0 bridgehead atoms. The number of nitrogens with zero attached hydrogens (tertiary/aromatic N) is 3. The van der Waals surface area contributed by atoms with Gasteiger partial charge in [0.1, 0.15) is 16.5 Å². The fourth-order valence-electron chi connectivity index (χ4n) is 1.10. The van der Waals surface area contributed by atoms with Gasteiger partial charge in [-0.3, -0.25) is 0 Å². The number of benzene rings is 1. The summed E-state index contributed by atoms with van der Waals surface area (Å²) in [6.45, 7) is 0. The highest BCUT2D eigenvalue weighted by molar-refractivity contribution is 7.98. The number of hydrogen-bond acceptors (Lipinski definition) is 3. The molecular weight excluding hydrogens is 201 g/mol. The van der Waals surface area contributed by atoms with Crippen LogP contribution in [0.25, 0.3) is 5.69 Å². The van der Waals surface area contributed by atoms with Crippen LogP contribution in [-0.4, -0.2) is 21.2 Å². The van der Waals surface area contributed by atoms with Crippen molar-refractivity contribution >= 4 is 11.8 Å². The standard InChI is InChI=1S/C9H8FN3S/c1-14-9-6-13(12-11-9)8-5-3-2-4-7(8)10/h2-6H,1H3. The van der Waals surface area contributed by atoms with Crippen LogP contribution in [0.2, 0.25) is 0 Å². The summed E-state index contributed by atoms with van der Waals surface area (Å²) in [5, 5.41) is 8.46. The third kappa shape index (κ3) is 1.63. The largest absolute Gasteiger partial charge is 0.217 e. The fourth-order valence-corrected chi connectivity index (χ4v) is 1.42. The molecule has 0 N–H and O–H groups in total. The predicted octanol–water partition coefficient (Wildman–Crippen LogP) is 2.13. The predicted molar refractivity (Wildman–Crippen MR) is 53.1 cm³/mol. The molecule has 5 heteroatoms. The molecule has 0 amide bonds. The van der Waals surface area contributed by atoms with Crippen LogP contribution >= 0.6 is 11.8 Å². The van der Waals surface area contributed by atoms with Gasteiger partial charge in [0.15, 0.2) is 0 Å². The van der Waals surface area contributed by atoms with Crippen LogP contribution in [-0.2, 0) is 0 Å². The summed E-state index contributed by atoms with van der Waals surface area (Å²) in [5.41, 5.74) is 0.417. The lowest BCUT2D eigenvalue weighted by Gasteiger charge is -1.99. The van der Waals surface area contributed by atoms with Crippen molar-refractivity contribution in [3.8, 4) is 5.69 Å². The molecule has 0 radical (unpaired) electrons. The van der Waals surface area contributed by atoms with E-state index in [-0.39, 0.29) is 5.82 Å². The van der Waals surface area contributed by atoms with Gasteiger partial charge in [-0.15, -0.1) is 16.9 Å². The third-order valence-electron chi connectivity index (χ3n) is 1.78. The lowest BCUT2D eigenvalue weighted by Crippen LogP contribution is -1.97. The second kappa shape index (κ2) is 3.79. The van der Waals surface area contributed by atoms with E-state index in [1.807, 2.05) is 6.26 Å². The molecule has 1 aromatic heterocycles. The van der Waals surface area contributed by atoms with E-state index in [1.165, 1.54) is 22.5 Å². The first kappa shape index (κ1) is 9.21. The van der Waals surface area contributed by atoms with Gasteiger partial charge in [0, 0.05) is 0 Å². The molecular formula is C9H8FN3S. The van der Waals surface area contributed by atoms with Crippen molar-refractivity contribution < 1.29 is 4.39 Å². The van der Waals surface area contributed by atoms with E-state index in [9.17, 15) is 4.39 Å². The topological polar surface area (TPSA) is 30.7 Å². The number of aromatic nitrogens is 3. The molecule has 0 fully saturated rings. The first-order chi connectivity index (χ1) is 6.81. The average Bonchev–Trinajstić information content (AvgIpc) is 2.67. The van der Waals surface area contributed by atoms with Gasteiger partial charge in [-0.25, -0.2) is 9.07 Å². The number of para-hydroxylation sites is 1. The Balaban J connectivity index is 2.44. The van der Waals surface area contributed by atoms with E-state index in [2.05, 4.69) is 10.3 Å². The molecule has 0 spiro atoms. The summed E-state index contributed by atoms with van der Waals surface area (Å²) in [6, 6.07) is 6.47. The van der Waals surface area contributed by atoms with Gasteiger partial charge in [0.05, 0.1) is 6.20 Å². The van der Waals surface area contributed by atoms with Crippen molar-refractivity contribution in [3.05, 3.63) is 36.3 Å². The van der Waals surface area contributed by atoms with Crippen LogP contribution in [0.4, 0.5) is 4.39 Å². The molecule has 0 aliphatic rings. The molecule has 2 rings (SSSR count). The Kier molecular flexibility index (Phi) is 2.49. The maximum Gasteiger partial charge on any atom is 0.148 e. The molecule has 0 aliphatic carbocycles. The minimum absolute atomic E-state index is 0.301. The van der Waals surface area contributed by atoms with E-state index in [0.29, 0.717) is 5.69 Å². The van der Waals surface area contributed by atoms with Crippen molar-refractivity contribution in [2.75, 3.05) is 6.26 Å². The minimum atomic E-state index is -0.301. The molecule has 1 aromatic carbocycles. The number of thioether (sulfide) groups is 1. The number of hydrogen-bond donors (Lipinski definition) is 0. The fraction of sp³-hybridized carbons (Fsp3) is 0.111. The Bertz CT molecular complexity index is 441. The quantitative estimate of drug-likeness (QED) is 0.710. The molecule has 72 valence electrons. The highest BCUT2D eigenvalue weighted by atomic mass is 32.2. The van der Waals surface area contributed by atoms with Crippen LogP contribution < -0.4 is 0 Å². The van der Waals surface area contributed by atoms with Gasteiger partial charge in [-0.1, -0.05) is 17.3 Å². The lowest BCUT2D eigenvalue weighted by molar-refractivity contribution is 0.607. The maximum atomic E-state index is 13.3. The highest BCUT2D eigenvalue weighted by Gasteiger charge is 2.05. The Morgan fingerprint density at radius 2 is 2.14 bits per heavy atom. The average molecular weight is 209 g/mol. The Labute approximate surface area is 84.9 Å². The molecule has 0 saturated heterocycles. The molecule has 14 heavy (non-hydrogen) atoms. The van der Waals surface area contributed by atoms with Crippen LogP contribution in [0.3, 0.4) is 0 Å². The normalized spacial score (nSPS) is 10.4. The maximum absolute atomic E-state index is 13.3. The van der Waals surface area contributed by atoms with Crippen LogP contribution in [0.5, 0.6) is 0 Å². The van der Waals surface area contributed by atoms with Crippen molar-refractivity contribution in [2.45, 2.75) is 5.03 Å². The lowest BCUT2D eigenvalue weighted by atomic mass is 10.3. The summed E-state index contributed by atoms with van der Waals surface area (Å²) in [4.78, 5) is 0. The van der Waals surface area contributed by atoms with E-state index < -0.39 is 0 Å². The van der Waals surface area contributed by atoms with Gasteiger partial charge in [-0.2, -0.15) is 0 Å². The van der Waals surface area contributed by atoms with Gasteiger partial charge >= 0.3 is 0 Å². The zero-order valence-corrected chi connectivity index (χ0v) is 8.33. The van der Waals surface area contributed by atoms with E-state index in [0.717, 1.165) is 5.03 Å². The molecule has 2 aromatic rings.